The summed E-state index contributed by atoms with van der Waals surface area (Å²) in [5.74, 6) is 4.53. The van der Waals surface area contributed by atoms with E-state index in [0.29, 0.717) is 13.1 Å². The highest BCUT2D eigenvalue weighted by atomic mass is 32.1. The van der Waals surface area contributed by atoms with Crippen molar-refractivity contribution >= 4 is 40.6 Å². The van der Waals surface area contributed by atoms with Crippen molar-refractivity contribution in [2.75, 3.05) is 13.1 Å². The lowest BCUT2D eigenvalue weighted by Crippen LogP contribution is -2.42. The third-order valence-electron chi connectivity index (χ3n) is 4.86. The Balaban J connectivity index is 1.27. The monoisotopic (exact) mass is 466 g/mol. The molecule has 3 amide bonds. The molecule has 3 aromatic rings. The molecule has 162 valence electrons. The molecule has 4 rings (SSSR count). The Hall–Kier alpha value is -3.62. The third kappa shape index (κ3) is 5.35. The summed E-state index contributed by atoms with van der Waals surface area (Å²) < 4.78 is 3.60. The van der Waals surface area contributed by atoms with Crippen molar-refractivity contribution in [2.24, 2.45) is 0 Å². The number of aromatic nitrogens is 3. The minimum Gasteiger partial charge on any atom is -0.332 e. The van der Waals surface area contributed by atoms with Gasteiger partial charge in [-0.1, -0.05) is 28.6 Å². The quantitative estimate of drug-likeness (QED) is 0.449. The fourth-order valence-corrected chi connectivity index (χ4v) is 4.55. The SMILES string of the molecule is O=C(NNC(=O)c1csc(C2CCN(C(=O)C#Cc3ccccc3)CC2)n1)c1csnn1. The standard InChI is InChI=1S/C21H18N6O3S2/c28-18(7-6-14-4-2-1-3-5-14)27-10-8-15(9-11-27)21-22-16(12-31-21)19(29)24-25-20(30)17-13-32-26-23-17/h1-5,12-13,15H,8-11H2,(H,24,29)(H,25,30). The van der Waals surface area contributed by atoms with Gasteiger partial charge in [-0.3, -0.25) is 25.2 Å². The molecule has 32 heavy (non-hydrogen) atoms. The fraction of sp³-hybridized carbons (Fsp3) is 0.238. The minimum absolute atomic E-state index is 0.129. The van der Waals surface area contributed by atoms with E-state index in [1.807, 2.05) is 30.3 Å². The largest absolute Gasteiger partial charge is 0.332 e. The van der Waals surface area contributed by atoms with E-state index in [0.717, 1.165) is 34.9 Å². The van der Waals surface area contributed by atoms with Gasteiger partial charge < -0.3 is 4.90 Å². The molecule has 0 bridgehead atoms. The van der Waals surface area contributed by atoms with Crippen LogP contribution in [0.15, 0.2) is 41.1 Å². The van der Waals surface area contributed by atoms with E-state index in [-0.39, 0.29) is 23.2 Å². The molecule has 0 spiro atoms. The van der Waals surface area contributed by atoms with E-state index in [2.05, 4.69) is 37.3 Å². The average Bonchev–Trinajstić information content (AvgIpc) is 3.54. The van der Waals surface area contributed by atoms with Gasteiger partial charge in [-0.25, -0.2) is 4.98 Å². The lowest BCUT2D eigenvalue weighted by molar-refractivity contribution is -0.126. The van der Waals surface area contributed by atoms with Crippen LogP contribution in [-0.2, 0) is 4.79 Å². The summed E-state index contributed by atoms with van der Waals surface area (Å²) in [7, 11) is 0. The van der Waals surface area contributed by atoms with Gasteiger partial charge >= 0.3 is 0 Å². The third-order valence-corrected chi connectivity index (χ3v) is 6.37. The first-order valence-electron chi connectivity index (χ1n) is 9.79. The second-order valence-corrected chi connectivity index (χ2v) is 8.45. The molecule has 1 saturated heterocycles. The van der Waals surface area contributed by atoms with Gasteiger partial charge in [0.15, 0.2) is 5.69 Å². The van der Waals surface area contributed by atoms with E-state index in [9.17, 15) is 14.4 Å². The van der Waals surface area contributed by atoms with Crippen molar-refractivity contribution in [1.29, 1.82) is 0 Å². The van der Waals surface area contributed by atoms with Gasteiger partial charge in [-0.2, -0.15) is 0 Å². The van der Waals surface area contributed by atoms with Gasteiger partial charge in [0.05, 0.1) is 5.01 Å². The number of carbonyl (C=O) groups is 3. The Labute approximate surface area is 192 Å². The van der Waals surface area contributed by atoms with Crippen LogP contribution in [0.25, 0.3) is 0 Å². The average molecular weight is 467 g/mol. The summed E-state index contributed by atoms with van der Waals surface area (Å²) in [5, 5.41) is 7.61. The van der Waals surface area contributed by atoms with Crippen molar-refractivity contribution in [3.05, 3.63) is 63.1 Å². The van der Waals surface area contributed by atoms with Crippen molar-refractivity contribution in [2.45, 2.75) is 18.8 Å². The first kappa shape index (κ1) is 21.6. The molecule has 2 aromatic heterocycles. The Morgan fingerprint density at radius 2 is 1.72 bits per heavy atom. The van der Waals surface area contributed by atoms with Gasteiger partial charge in [0.1, 0.15) is 5.69 Å². The van der Waals surface area contributed by atoms with Gasteiger partial charge in [-0.05, 0) is 36.5 Å². The van der Waals surface area contributed by atoms with Crippen LogP contribution < -0.4 is 10.9 Å². The number of likely N-dealkylation sites (tertiary alicyclic amines) is 1. The maximum atomic E-state index is 12.4. The topological polar surface area (TPSA) is 117 Å². The van der Waals surface area contributed by atoms with Crippen LogP contribution in [0, 0.1) is 11.8 Å². The van der Waals surface area contributed by atoms with E-state index < -0.39 is 11.8 Å². The predicted molar refractivity (Wildman–Crippen MR) is 119 cm³/mol. The normalized spacial score (nSPS) is 13.7. The molecular weight excluding hydrogens is 448 g/mol. The molecule has 1 fully saturated rings. The highest BCUT2D eigenvalue weighted by molar-refractivity contribution is 7.09. The summed E-state index contributed by atoms with van der Waals surface area (Å²) in [4.78, 5) is 42.6. The lowest BCUT2D eigenvalue weighted by Gasteiger charge is -2.29. The fourth-order valence-electron chi connectivity index (χ4n) is 3.14. The Bertz CT molecular complexity index is 1160. The summed E-state index contributed by atoms with van der Waals surface area (Å²) in [5.41, 5.74) is 5.78. The zero-order valence-corrected chi connectivity index (χ0v) is 18.4. The molecule has 2 N–H and O–H groups in total. The van der Waals surface area contributed by atoms with E-state index in [1.54, 1.807) is 10.3 Å². The molecule has 0 saturated carbocycles. The zero-order chi connectivity index (χ0) is 22.3. The van der Waals surface area contributed by atoms with Crippen LogP contribution >= 0.6 is 22.9 Å². The first-order valence-corrected chi connectivity index (χ1v) is 11.5. The Morgan fingerprint density at radius 3 is 2.41 bits per heavy atom. The molecule has 1 aromatic carbocycles. The number of hydrazine groups is 1. The number of amides is 3. The predicted octanol–water partition coefficient (Wildman–Crippen LogP) is 1.83. The number of thiazole rings is 1. The molecule has 9 nitrogen and oxygen atoms in total. The molecular formula is C21H18N6O3S2. The van der Waals surface area contributed by atoms with Crippen molar-refractivity contribution in [1.82, 2.24) is 30.3 Å². The van der Waals surface area contributed by atoms with E-state index >= 15 is 0 Å². The molecule has 1 aliphatic rings. The van der Waals surface area contributed by atoms with Gasteiger partial charge in [-0.15, -0.1) is 16.4 Å². The second kappa shape index (κ2) is 10.1. The molecule has 0 unspecified atom stereocenters. The number of hydrogen-bond acceptors (Lipinski definition) is 8. The van der Waals surface area contributed by atoms with Crippen LogP contribution in [0.1, 0.15) is 50.3 Å². The van der Waals surface area contributed by atoms with Crippen LogP contribution in [-0.4, -0.2) is 50.3 Å². The summed E-state index contributed by atoms with van der Waals surface area (Å²) in [6, 6.07) is 9.40. The summed E-state index contributed by atoms with van der Waals surface area (Å²) in [6.07, 6.45) is 1.50. The molecule has 11 heteroatoms. The minimum atomic E-state index is -0.546. The van der Waals surface area contributed by atoms with Crippen molar-refractivity contribution in [3.63, 3.8) is 0 Å². The number of carbonyl (C=O) groups excluding carboxylic acids is 3. The van der Waals surface area contributed by atoms with E-state index in [1.165, 1.54) is 16.7 Å². The van der Waals surface area contributed by atoms with Crippen LogP contribution in [0.2, 0.25) is 0 Å². The van der Waals surface area contributed by atoms with Crippen LogP contribution in [0.4, 0.5) is 0 Å². The lowest BCUT2D eigenvalue weighted by atomic mass is 9.97. The molecule has 3 heterocycles. The molecule has 0 aliphatic carbocycles. The second-order valence-electron chi connectivity index (χ2n) is 6.95. The molecule has 1 aliphatic heterocycles. The smallest absolute Gasteiger partial charge is 0.298 e. The maximum Gasteiger partial charge on any atom is 0.298 e. The molecule has 0 radical (unpaired) electrons. The summed E-state index contributed by atoms with van der Waals surface area (Å²) in [6.45, 7) is 1.18. The number of rotatable bonds is 3. The number of hydrogen-bond donors (Lipinski definition) is 2. The number of nitrogens with one attached hydrogen (secondary N) is 2. The van der Waals surface area contributed by atoms with Gasteiger partial charge in [0.25, 0.3) is 17.7 Å². The Kier molecular flexibility index (Phi) is 6.84. The van der Waals surface area contributed by atoms with Crippen LogP contribution in [0.5, 0.6) is 0 Å². The summed E-state index contributed by atoms with van der Waals surface area (Å²) >= 11 is 2.44. The molecule has 0 atom stereocenters. The van der Waals surface area contributed by atoms with Crippen molar-refractivity contribution < 1.29 is 14.4 Å². The maximum absolute atomic E-state index is 12.4. The first-order chi connectivity index (χ1) is 15.6. The highest BCUT2D eigenvalue weighted by Gasteiger charge is 2.26. The zero-order valence-electron chi connectivity index (χ0n) is 16.8. The van der Waals surface area contributed by atoms with Crippen LogP contribution in [0.3, 0.4) is 0 Å². The number of nitrogens with zero attached hydrogens (tertiary/aromatic N) is 4. The van der Waals surface area contributed by atoms with E-state index in [4.69, 9.17) is 0 Å². The highest BCUT2D eigenvalue weighted by Crippen LogP contribution is 2.30. The Morgan fingerprint density at radius 1 is 1.00 bits per heavy atom. The van der Waals surface area contributed by atoms with Gasteiger partial charge in [0.2, 0.25) is 0 Å². The number of piperidine rings is 1. The number of benzene rings is 1. The van der Waals surface area contributed by atoms with Crippen molar-refractivity contribution in [3.8, 4) is 11.8 Å². The van der Waals surface area contributed by atoms with Gasteiger partial charge in [0, 0.05) is 41.3 Å².